The predicted octanol–water partition coefficient (Wildman–Crippen LogP) is 2.17. The first-order valence-electron chi connectivity index (χ1n) is 6.29. The van der Waals surface area contributed by atoms with Gasteiger partial charge in [-0.3, -0.25) is 0 Å². The molecule has 2 N–H and O–H groups in total. The summed E-state index contributed by atoms with van der Waals surface area (Å²) in [5, 5.41) is 12.1. The highest BCUT2D eigenvalue weighted by Gasteiger charge is 2.28. The van der Waals surface area contributed by atoms with Gasteiger partial charge in [0, 0.05) is 19.1 Å². The minimum absolute atomic E-state index is 0.0455. The van der Waals surface area contributed by atoms with Crippen LogP contribution >= 0.6 is 0 Å². The van der Waals surface area contributed by atoms with Gasteiger partial charge in [-0.05, 0) is 25.5 Å². The van der Waals surface area contributed by atoms with E-state index in [0.29, 0.717) is 18.3 Å². The van der Waals surface area contributed by atoms with Crippen LogP contribution in [0.5, 0.6) is 0 Å². The Kier molecular flexibility index (Phi) is 4.16. The number of carbonyl (C=O) groups is 1. The zero-order valence-corrected chi connectivity index (χ0v) is 10.9. The van der Waals surface area contributed by atoms with E-state index >= 15 is 0 Å². The molecule has 1 aliphatic rings. The molecule has 102 valence electrons. The number of nitrogens with one attached hydrogen (secondary N) is 1. The number of rotatable bonds is 5. The lowest BCUT2D eigenvalue weighted by Crippen LogP contribution is -2.24. The van der Waals surface area contributed by atoms with Crippen LogP contribution in [-0.4, -0.2) is 35.3 Å². The molecule has 0 spiro atoms. The Balaban J connectivity index is 1.97. The molecule has 1 aliphatic heterocycles. The molecule has 19 heavy (non-hydrogen) atoms. The summed E-state index contributed by atoms with van der Waals surface area (Å²) in [4.78, 5) is 14.9. The van der Waals surface area contributed by atoms with Gasteiger partial charge in [-0.2, -0.15) is 0 Å². The Hall–Kier alpha value is -1.88. The van der Waals surface area contributed by atoms with E-state index in [0.717, 1.165) is 18.6 Å². The molecule has 5 heteroatoms. The van der Waals surface area contributed by atoms with E-state index in [1.807, 2.05) is 6.92 Å². The molecule has 0 amide bonds. The fourth-order valence-corrected chi connectivity index (χ4v) is 2.28. The molecule has 1 fully saturated rings. The van der Waals surface area contributed by atoms with Crippen LogP contribution < -0.4 is 5.32 Å². The van der Waals surface area contributed by atoms with Crippen molar-refractivity contribution in [1.29, 1.82) is 0 Å². The average molecular weight is 262 g/mol. The molecule has 2 heterocycles. The highest BCUT2D eigenvalue weighted by atomic mass is 16.5. The normalized spacial score (nSPS) is 22.2. The van der Waals surface area contributed by atoms with Gasteiger partial charge >= 0.3 is 5.97 Å². The number of anilines is 1. The third-order valence-electron chi connectivity index (χ3n) is 3.21. The van der Waals surface area contributed by atoms with Gasteiger partial charge in [0.15, 0.2) is 5.69 Å². The highest BCUT2D eigenvalue weighted by molar-refractivity contribution is 5.85. The Morgan fingerprint density at radius 2 is 2.42 bits per heavy atom. The number of aromatic carboxylic acids is 1. The predicted molar refractivity (Wildman–Crippen MR) is 72.3 cm³/mol. The van der Waals surface area contributed by atoms with Gasteiger partial charge in [-0.15, -0.1) is 0 Å². The summed E-state index contributed by atoms with van der Waals surface area (Å²) in [6, 6.07) is 4.92. The minimum atomic E-state index is -1.02. The van der Waals surface area contributed by atoms with Crippen LogP contribution in [0.15, 0.2) is 30.4 Å². The first-order chi connectivity index (χ1) is 9.08. The summed E-state index contributed by atoms with van der Waals surface area (Å²) in [6.07, 6.45) is 1.05. The topological polar surface area (TPSA) is 71.5 Å². The maximum absolute atomic E-state index is 10.8. The molecule has 0 radical (unpaired) electrons. The molecule has 1 aromatic rings. The van der Waals surface area contributed by atoms with Crippen LogP contribution in [0, 0.1) is 5.92 Å². The lowest BCUT2D eigenvalue weighted by molar-refractivity contribution is 0.0690. The van der Waals surface area contributed by atoms with Crippen molar-refractivity contribution in [2.75, 3.05) is 18.5 Å². The number of hydrogen-bond acceptors (Lipinski definition) is 4. The molecule has 2 unspecified atom stereocenters. The molecule has 0 aliphatic carbocycles. The summed E-state index contributed by atoms with van der Waals surface area (Å²) in [5.41, 5.74) is 1.07. The van der Waals surface area contributed by atoms with Gasteiger partial charge in [0.25, 0.3) is 0 Å². The van der Waals surface area contributed by atoms with Gasteiger partial charge < -0.3 is 15.2 Å². The monoisotopic (exact) mass is 262 g/mol. The number of nitrogens with zero attached hydrogens (tertiary/aromatic N) is 1. The van der Waals surface area contributed by atoms with Crippen LogP contribution in [0.25, 0.3) is 0 Å². The van der Waals surface area contributed by atoms with Crippen LogP contribution in [0.4, 0.5) is 5.82 Å². The van der Waals surface area contributed by atoms with Crippen molar-refractivity contribution in [3.63, 3.8) is 0 Å². The van der Waals surface area contributed by atoms with Crippen molar-refractivity contribution in [3.8, 4) is 0 Å². The van der Waals surface area contributed by atoms with Crippen molar-refractivity contribution in [2.45, 2.75) is 19.4 Å². The zero-order chi connectivity index (χ0) is 13.8. The molecule has 0 aromatic carbocycles. The van der Waals surface area contributed by atoms with Crippen molar-refractivity contribution in [1.82, 2.24) is 4.98 Å². The second-order valence-electron chi connectivity index (χ2n) is 4.78. The Morgan fingerprint density at radius 3 is 3.11 bits per heavy atom. The summed E-state index contributed by atoms with van der Waals surface area (Å²) in [5.74, 6) is -0.0901. The third-order valence-corrected chi connectivity index (χ3v) is 3.21. The Morgan fingerprint density at radius 1 is 1.63 bits per heavy atom. The second-order valence-corrected chi connectivity index (χ2v) is 4.78. The van der Waals surface area contributed by atoms with Crippen LogP contribution in [0.2, 0.25) is 0 Å². The minimum Gasteiger partial charge on any atom is -0.477 e. The fraction of sp³-hybridized carbons (Fsp3) is 0.429. The quantitative estimate of drug-likeness (QED) is 0.796. The molecular formula is C14H18N2O3. The maximum Gasteiger partial charge on any atom is 0.354 e. The molecule has 0 saturated carbocycles. The largest absolute Gasteiger partial charge is 0.477 e. The standard InChI is InChI=1S/C14H18N2O3/c1-9(2)13-10(6-7-19-13)8-15-12-5-3-4-11(16-12)14(17)18/h3-5,10,13H,1,6-8H2,2H3,(H,15,16)(H,17,18). The molecule has 2 rings (SSSR count). The van der Waals surface area contributed by atoms with E-state index in [9.17, 15) is 4.79 Å². The Labute approximate surface area is 112 Å². The van der Waals surface area contributed by atoms with E-state index < -0.39 is 5.97 Å². The third kappa shape index (κ3) is 3.32. The molecule has 0 bridgehead atoms. The number of ether oxygens (including phenoxy) is 1. The molecule has 1 saturated heterocycles. The second kappa shape index (κ2) is 5.84. The maximum atomic E-state index is 10.8. The lowest BCUT2D eigenvalue weighted by atomic mass is 9.97. The first kappa shape index (κ1) is 13.5. The van der Waals surface area contributed by atoms with Crippen LogP contribution in [-0.2, 0) is 4.74 Å². The lowest BCUT2D eigenvalue weighted by Gasteiger charge is -2.19. The zero-order valence-electron chi connectivity index (χ0n) is 10.9. The van der Waals surface area contributed by atoms with E-state index in [1.54, 1.807) is 12.1 Å². The number of pyridine rings is 1. The van der Waals surface area contributed by atoms with Gasteiger partial charge in [-0.25, -0.2) is 9.78 Å². The summed E-state index contributed by atoms with van der Waals surface area (Å²) in [7, 11) is 0. The van der Waals surface area contributed by atoms with Gasteiger partial charge in [-0.1, -0.05) is 18.2 Å². The van der Waals surface area contributed by atoms with Gasteiger partial charge in [0.2, 0.25) is 0 Å². The van der Waals surface area contributed by atoms with E-state index in [4.69, 9.17) is 9.84 Å². The summed E-state index contributed by atoms with van der Waals surface area (Å²) >= 11 is 0. The number of hydrogen-bond donors (Lipinski definition) is 2. The summed E-state index contributed by atoms with van der Waals surface area (Å²) in [6.45, 7) is 7.34. The van der Waals surface area contributed by atoms with Crippen LogP contribution in [0.3, 0.4) is 0 Å². The molecular weight excluding hydrogens is 244 g/mol. The van der Waals surface area contributed by atoms with Crippen LogP contribution in [0.1, 0.15) is 23.8 Å². The molecule has 5 nitrogen and oxygen atoms in total. The number of aromatic nitrogens is 1. The Bertz CT molecular complexity index is 487. The van der Waals surface area contributed by atoms with Crippen molar-refractivity contribution in [3.05, 3.63) is 36.0 Å². The first-order valence-corrected chi connectivity index (χ1v) is 6.29. The molecule has 2 atom stereocenters. The SMILES string of the molecule is C=C(C)C1OCCC1CNc1cccc(C(=O)O)n1. The smallest absolute Gasteiger partial charge is 0.354 e. The van der Waals surface area contributed by atoms with Crippen molar-refractivity contribution < 1.29 is 14.6 Å². The number of carboxylic acid groups (broad SMARTS) is 1. The average Bonchev–Trinajstić information content (AvgIpc) is 2.85. The van der Waals surface area contributed by atoms with Crippen molar-refractivity contribution >= 4 is 11.8 Å². The summed E-state index contributed by atoms with van der Waals surface area (Å²) < 4.78 is 5.62. The van der Waals surface area contributed by atoms with Gasteiger partial charge in [0.05, 0.1) is 6.10 Å². The van der Waals surface area contributed by atoms with Crippen molar-refractivity contribution in [2.24, 2.45) is 5.92 Å². The highest BCUT2D eigenvalue weighted by Crippen LogP contribution is 2.25. The fourth-order valence-electron chi connectivity index (χ4n) is 2.28. The number of carboxylic acids is 1. The molecule has 1 aromatic heterocycles. The van der Waals surface area contributed by atoms with E-state index in [2.05, 4.69) is 16.9 Å². The van der Waals surface area contributed by atoms with Gasteiger partial charge in [0.1, 0.15) is 5.82 Å². The van der Waals surface area contributed by atoms with E-state index in [-0.39, 0.29) is 11.8 Å². The van der Waals surface area contributed by atoms with E-state index in [1.165, 1.54) is 6.07 Å².